The number of fused-ring (bicyclic) bond motifs is 1. The summed E-state index contributed by atoms with van der Waals surface area (Å²) in [5, 5.41) is 6.16. The summed E-state index contributed by atoms with van der Waals surface area (Å²) in [6.45, 7) is 14.1. The topological polar surface area (TPSA) is 182 Å². The number of halogens is 1. The molecule has 14 nitrogen and oxygen atoms in total. The quantitative estimate of drug-likeness (QED) is 0.133. The van der Waals surface area contributed by atoms with Gasteiger partial charge in [0.25, 0.3) is 15.9 Å². The van der Waals surface area contributed by atoms with E-state index in [0.29, 0.717) is 28.1 Å². The minimum atomic E-state index is -4.33. The van der Waals surface area contributed by atoms with Crippen LogP contribution in [0.25, 0.3) is 22.2 Å². The molecule has 2 aliphatic rings. The molecular weight excluding hydrogens is 818 g/mol. The summed E-state index contributed by atoms with van der Waals surface area (Å²) in [7, 11) is -2.78. The van der Waals surface area contributed by atoms with Crippen molar-refractivity contribution in [1.29, 1.82) is 0 Å². The lowest BCUT2D eigenvalue weighted by Crippen LogP contribution is -2.60. The van der Waals surface area contributed by atoms with Crippen LogP contribution in [0.3, 0.4) is 0 Å². The number of amides is 4. The predicted molar refractivity (Wildman–Crippen MR) is 225 cm³/mol. The summed E-state index contributed by atoms with van der Waals surface area (Å²) in [5.41, 5.74) is -1.35. The van der Waals surface area contributed by atoms with Crippen LogP contribution < -0.4 is 24.8 Å². The Morgan fingerprint density at radius 2 is 1.75 bits per heavy atom. The lowest BCUT2D eigenvalue weighted by molar-refractivity contribution is -0.143. The Morgan fingerprint density at radius 3 is 2.34 bits per heavy atom. The van der Waals surface area contributed by atoms with Gasteiger partial charge in [0.15, 0.2) is 0 Å². The molecule has 1 aliphatic heterocycles. The molecule has 0 unspecified atom stereocenters. The van der Waals surface area contributed by atoms with Gasteiger partial charge in [0, 0.05) is 35.4 Å². The van der Waals surface area contributed by atoms with Gasteiger partial charge in [-0.05, 0) is 56.9 Å². The zero-order valence-electron chi connectivity index (χ0n) is 33.8. The number of nitrogens with one attached hydrogen (secondary N) is 3. The number of thiophene rings is 1. The first kappa shape index (κ1) is 43.4. The van der Waals surface area contributed by atoms with Gasteiger partial charge in [0.2, 0.25) is 11.8 Å². The number of aromatic nitrogens is 1. The molecule has 4 aromatic rings. The number of carbonyl (C=O) groups excluding carboxylic acids is 4. The van der Waals surface area contributed by atoms with Gasteiger partial charge in [-0.2, -0.15) is 0 Å². The van der Waals surface area contributed by atoms with Crippen molar-refractivity contribution in [2.45, 2.75) is 87.9 Å². The van der Waals surface area contributed by atoms with E-state index in [1.54, 1.807) is 66.9 Å². The number of ether oxygens (including phenoxy) is 3. The molecule has 0 radical (unpaired) electrons. The molecule has 5 atom stereocenters. The molecule has 2 aromatic carbocycles. The second kappa shape index (κ2) is 16.5. The summed E-state index contributed by atoms with van der Waals surface area (Å²) in [6, 6.07) is 17.0. The SMILES string of the molecule is C=C[C@@H]1C[C@]1(NC(=O)[C@@H]1C[C@@H](Oc2cc(-c3ccccc3)nc3cc(OC)ccc23)CN1C(=O)[C@@H](NC(=O)OC(C)(C)C)C(C)(C)C)C(=O)NS(=O)(=O)c1ccc(Cl)s1. The van der Waals surface area contributed by atoms with Crippen LogP contribution in [0.4, 0.5) is 4.79 Å². The fraction of sp³-hybridized carbons (Fsp3) is 0.405. The fourth-order valence-corrected chi connectivity index (χ4v) is 9.52. The van der Waals surface area contributed by atoms with Crippen LogP contribution in [0.5, 0.6) is 11.5 Å². The number of benzene rings is 2. The maximum absolute atomic E-state index is 14.7. The Balaban J connectivity index is 1.35. The van der Waals surface area contributed by atoms with Crippen molar-refractivity contribution >= 4 is 67.7 Å². The van der Waals surface area contributed by atoms with E-state index in [9.17, 15) is 27.6 Å². The highest BCUT2D eigenvalue weighted by Gasteiger charge is 2.61. The first-order chi connectivity index (χ1) is 27.6. The van der Waals surface area contributed by atoms with Gasteiger partial charge < -0.3 is 29.7 Å². The van der Waals surface area contributed by atoms with Crippen molar-refractivity contribution in [3.05, 3.63) is 83.7 Å². The number of sulfonamides is 1. The van der Waals surface area contributed by atoms with Crippen LogP contribution in [0.1, 0.15) is 54.4 Å². The maximum Gasteiger partial charge on any atom is 0.408 e. The maximum atomic E-state index is 14.7. The van der Waals surface area contributed by atoms with E-state index in [-0.39, 0.29) is 27.9 Å². The summed E-state index contributed by atoms with van der Waals surface area (Å²) < 4.78 is 46.1. The first-order valence-electron chi connectivity index (χ1n) is 18.9. The van der Waals surface area contributed by atoms with Crippen LogP contribution in [0, 0.1) is 11.3 Å². The summed E-state index contributed by atoms with van der Waals surface area (Å²) in [4.78, 5) is 62.4. The Kier molecular flexibility index (Phi) is 12.1. The number of carbonyl (C=O) groups is 4. The van der Waals surface area contributed by atoms with Crippen molar-refractivity contribution in [3.63, 3.8) is 0 Å². The molecular formula is C42H48ClN5O9S2. The van der Waals surface area contributed by atoms with Crippen LogP contribution in [0.15, 0.2) is 83.6 Å². The number of hydrogen-bond donors (Lipinski definition) is 3. The number of methoxy groups -OCH3 is 1. The van der Waals surface area contributed by atoms with Crippen LogP contribution in [-0.2, 0) is 29.1 Å². The smallest absolute Gasteiger partial charge is 0.408 e. The average molecular weight is 866 g/mol. The van der Waals surface area contributed by atoms with E-state index in [1.807, 2.05) is 36.4 Å². The third kappa shape index (κ3) is 9.66. The fourth-order valence-electron chi connectivity index (χ4n) is 6.99. The number of alkyl carbamates (subject to hydrolysis) is 1. The van der Waals surface area contributed by atoms with Gasteiger partial charge >= 0.3 is 6.09 Å². The van der Waals surface area contributed by atoms with Gasteiger partial charge in [0.05, 0.1) is 29.2 Å². The van der Waals surface area contributed by atoms with Crippen molar-refractivity contribution in [2.24, 2.45) is 11.3 Å². The minimum absolute atomic E-state index is 0.0238. The van der Waals surface area contributed by atoms with E-state index in [1.165, 1.54) is 23.1 Å². The molecule has 2 fully saturated rings. The lowest BCUT2D eigenvalue weighted by Gasteiger charge is -2.36. The highest BCUT2D eigenvalue weighted by atomic mass is 35.5. The van der Waals surface area contributed by atoms with E-state index >= 15 is 0 Å². The highest BCUT2D eigenvalue weighted by molar-refractivity contribution is 7.92. The monoisotopic (exact) mass is 865 g/mol. The largest absolute Gasteiger partial charge is 0.497 e. The standard InChI is InChI=1S/C42H48ClN5O9S2/c1-9-25-22-42(25,38(51)47-59(53,54)34-18-17-33(43)58-34)46-36(49)31-20-27(23-48(31)37(50)35(40(2,3)4)45-39(52)57-41(5,6)7)56-32-21-29(24-13-11-10-12-14-24)44-30-19-26(55-8)15-16-28(30)32/h9-19,21,25,27,31,35H,1,20,22-23H2,2-8H3,(H,45,52)(H,46,49)(H,47,51)/t25-,27-,31+,35-,42-/m1/s1. The molecule has 3 N–H and O–H groups in total. The summed E-state index contributed by atoms with van der Waals surface area (Å²) >= 11 is 6.74. The predicted octanol–water partition coefficient (Wildman–Crippen LogP) is 6.48. The molecule has 2 aromatic heterocycles. The number of nitrogens with zero attached hydrogens (tertiary/aromatic N) is 2. The van der Waals surface area contributed by atoms with Crippen LogP contribution in [0.2, 0.25) is 4.34 Å². The average Bonchev–Trinajstić information content (AvgIpc) is 3.43. The van der Waals surface area contributed by atoms with E-state index in [0.717, 1.165) is 16.9 Å². The van der Waals surface area contributed by atoms with Crippen molar-refractivity contribution in [1.82, 2.24) is 25.2 Å². The molecule has 17 heteroatoms. The van der Waals surface area contributed by atoms with Gasteiger partial charge in [-0.15, -0.1) is 17.9 Å². The van der Waals surface area contributed by atoms with Crippen molar-refractivity contribution in [3.8, 4) is 22.8 Å². The molecule has 6 rings (SSSR count). The van der Waals surface area contributed by atoms with Crippen molar-refractivity contribution < 1.29 is 41.8 Å². The Morgan fingerprint density at radius 1 is 1.03 bits per heavy atom. The minimum Gasteiger partial charge on any atom is -0.497 e. The van der Waals surface area contributed by atoms with E-state index < -0.39 is 74.5 Å². The zero-order chi connectivity index (χ0) is 43.1. The molecule has 1 saturated carbocycles. The normalized spacial score (nSPS) is 20.9. The molecule has 314 valence electrons. The number of pyridine rings is 1. The number of rotatable bonds is 12. The molecule has 4 amide bonds. The Hall–Kier alpha value is -5.19. The second-order valence-electron chi connectivity index (χ2n) is 16.7. The molecule has 59 heavy (non-hydrogen) atoms. The highest BCUT2D eigenvalue weighted by Crippen LogP contribution is 2.45. The summed E-state index contributed by atoms with van der Waals surface area (Å²) in [5.74, 6) is -1.86. The zero-order valence-corrected chi connectivity index (χ0v) is 36.2. The van der Waals surface area contributed by atoms with Gasteiger partial charge in [-0.1, -0.05) is 68.8 Å². The summed E-state index contributed by atoms with van der Waals surface area (Å²) in [6.07, 6.45) is -0.0802. The molecule has 3 heterocycles. The Bertz CT molecular complexity index is 2390. The van der Waals surface area contributed by atoms with Crippen LogP contribution in [-0.4, -0.2) is 85.1 Å². The second-order valence-corrected chi connectivity index (χ2v) is 20.3. The van der Waals surface area contributed by atoms with Gasteiger partial charge in [0.1, 0.15) is 45.0 Å². The van der Waals surface area contributed by atoms with Crippen LogP contribution >= 0.6 is 22.9 Å². The Labute approximate surface area is 352 Å². The van der Waals surface area contributed by atoms with E-state index in [4.69, 9.17) is 30.8 Å². The first-order valence-corrected chi connectivity index (χ1v) is 21.6. The van der Waals surface area contributed by atoms with Crippen molar-refractivity contribution in [2.75, 3.05) is 13.7 Å². The third-order valence-corrected chi connectivity index (χ3v) is 13.1. The number of hydrogen-bond acceptors (Lipinski definition) is 11. The number of likely N-dealkylation sites (tertiary alicyclic amines) is 1. The lowest BCUT2D eigenvalue weighted by atomic mass is 9.85. The molecule has 1 aliphatic carbocycles. The third-order valence-electron chi connectivity index (χ3n) is 10.1. The van der Waals surface area contributed by atoms with Gasteiger partial charge in [-0.3, -0.25) is 14.4 Å². The molecule has 1 saturated heterocycles. The van der Waals surface area contributed by atoms with Gasteiger partial charge in [-0.25, -0.2) is 22.9 Å². The van der Waals surface area contributed by atoms with E-state index in [2.05, 4.69) is 21.9 Å². The molecule has 0 bridgehead atoms. The molecule has 0 spiro atoms.